The van der Waals surface area contributed by atoms with Gasteiger partial charge in [-0.1, -0.05) is 29.4 Å². The Labute approximate surface area is 95.3 Å². The minimum Gasteiger partial charge on any atom is -0.479 e. The van der Waals surface area contributed by atoms with Crippen LogP contribution in [-0.4, -0.2) is 16.1 Å². The van der Waals surface area contributed by atoms with Crippen LogP contribution in [0.4, 0.5) is 0 Å². The molecule has 0 amide bonds. The first kappa shape index (κ1) is 10.3. The topological polar surface area (TPSA) is 62.2 Å². The summed E-state index contributed by atoms with van der Waals surface area (Å²) >= 11 is 6.82. The standard InChI is InChI=1S/C9H7ClN2O2S/c10-7-2-1-6(5-11-7)9(8(13)14)12-3-4-15-9/h1-5,12H,(H,13,14). The van der Waals surface area contributed by atoms with Gasteiger partial charge in [-0.25, -0.2) is 9.78 Å². The lowest BCUT2D eigenvalue weighted by molar-refractivity contribution is -0.140. The van der Waals surface area contributed by atoms with E-state index in [4.69, 9.17) is 11.6 Å². The van der Waals surface area contributed by atoms with Gasteiger partial charge in [0.05, 0.1) is 0 Å². The highest BCUT2D eigenvalue weighted by molar-refractivity contribution is 8.03. The number of hydrogen-bond donors (Lipinski definition) is 2. The van der Waals surface area contributed by atoms with Crippen molar-refractivity contribution in [3.05, 3.63) is 40.7 Å². The Kier molecular flexibility index (Phi) is 2.58. The van der Waals surface area contributed by atoms with Crippen LogP contribution in [0.25, 0.3) is 0 Å². The quantitative estimate of drug-likeness (QED) is 0.774. The summed E-state index contributed by atoms with van der Waals surface area (Å²) in [6.45, 7) is 0. The minimum absolute atomic E-state index is 0.343. The van der Waals surface area contributed by atoms with Crippen LogP contribution in [0, 0.1) is 0 Å². The van der Waals surface area contributed by atoms with Crippen molar-refractivity contribution < 1.29 is 9.90 Å². The molecule has 1 aliphatic rings. The molecule has 1 atom stereocenters. The number of aliphatic carboxylic acids is 1. The van der Waals surface area contributed by atoms with E-state index in [9.17, 15) is 9.90 Å². The van der Waals surface area contributed by atoms with Gasteiger partial charge < -0.3 is 10.4 Å². The van der Waals surface area contributed by atoms with Crippen molar-refractivity contribution in [2.24, 2.45) is 0 Å². The normalized spacial score (nSPS) is 23.8. The zero-order valence-corrected chi connectivity index (χ0v) is 9.05. The molecule has 4 nitrogen and oxygen atoms in total. The third-order valence-electron chi connectivity index (χ3n) is 2.03. The molecule has 78 valence electrons. The van der Waals surface area contributed by atoms with Gasteiger partial charge in [0, 0.05) is 18.0 Å². The highest BCUT2D eigenvalue weighted by Gasteiger charge is 2.42. The summed E-state index contributed by atoms with van der Waals surface area (Å²) in [4.78, 5) is 13.9. The smallest absolute Gasteiger partial charge is 0.345 e. The summed E-state index contributed by atoms with van der Waals surface area (Å²) in [6, 6.07) is 3.22. The average molecular weight is 243 g/mol. The van der Waals surface area contributed by atoms with E-state index in [1.165, 1.54) is 18.0 Å². The number of carbonyl (C=O) groups is 1. The van der Waals surface area contributed by atoms with Gasteiger partial charge >= 0.3 is 5.97 Å². The van der Waals surface area contributed by atoms with Crippen molar-refractivity contribution in [3.63, 3.8) is 0 Å². The number of rotatable bonds is 2. The van der Waals surface area contributed by atoms with Gasteiger partial charge in [0.1, 0.15) is 5.15 Å². The summed E-state index contributed by atoms with van der Waals surface area (Å²) < 4.78 is 0. The van der Waals surface area contributed by atoms with Gasteiger partial charge in [-0.3, -0.25) is 0 Å². The predicted octanol–water partition coefficient (Wildman–Crippen LogP) is 1.78. The molecule has 0 aliphatic carbocycles. The Morgan fingerprint density at radius 2 is 2.40 bits per heavy atom. The molecule has 1 aliphatic heterocycles. The fraction of sp³-hybridized carbons (Fsp3) is 0.111. The molecule has 1 aromatic heterocycles. The Morgan fingerprint density at radius 1 is 1.60 bits per heavy atom. The third kappa shape index (κ3) is 1.68. The summed E-state index contributed by atoms with van der Waals surface area (Å²) in [7, 11) is 0. The van der Waals surface area contributed by atoms with Crippen LogP contribution in [0.2, 0.25) is 5.15 Å². The van der Waals surface area contributed by atoms with E-state index in [1.807, 2.05) is 0 Å². The molecule has 0 radical (unpaired) electrons. The van der Waals surface area contributed by atoms with Crippen molar-refractivity contribution in [2.45, 2.75) is 4.87 Å². The Balaban J connectivity index is 2.42. The molecule has 15 heavy (non-hydrogen) atoms. The highest BCUT2D eigenvalue weighted by atomic mass is 35.5. The number of nitrogens with zero attached hydrogens (tertiary/aromatic N) is 1. The molecule has 0 bridgehead atoms. The Bertz CT molecular complexity index is 411. The lowest BCUT2D eigenvalue weighted by Gasteiger charge is -2.23. The van der Waals surface area contributed by atoms with E-state index < -0.39 is 10.8 Å². The maximum atomic E-state index is 11.2. The van der Waals surface area contributed by atoms with Crippen LogP contribution in [0.3, 0.4) is 0 Å². The molecule has 0 spiro atoms. The first-order valence-corrected chi connectivity index (χ1v) is 5.37. The van der Waals surface area contributed by atoms with Gasteiger partial charge in [-0.15, -0.1) is 0 Å². The number of thioether (sulfide) groups is 1. The fourth-order valence-electron chi connectivity index (χ4n) is 1.29. The molecule has 0 saturated heterocycles. The van der Waals surface area contributed by atoms with Crippen molar-refractivity contribution in [2.75, 3.05) is 0 Å². The number of hydrogen-bond acceptors (Lipinski definition) is 4. The van der Waals surface area contributed by atoms with Crippen molar-refractivity contribution in [3.8, 4) is 0 Å². The molecular formula is C9H7ClN2O2S. The molecule has 0 fully saturated rings. The van der Waals surface area contributed by atoms with Gasteiger partial charge in [0.15, 0.2) is 0 Å². The van der Waals surface area contributed by atoms with Gasteiger partial charge in [0.25, 0.3) is 0 Å². The molecule has 2 rings (SSSR count). The van der Waals surface area contributed by atoms with E-state index in [0.29, 0.717) is 10.7 Å². The second-order valence-electron chi connectivity index (χ2n) is 2.92. The first-order chi connectivity index (χ1) is 7.15. The highest BCUT2D eigenvalue weighted by Crippen LogP contribution is 2.38. The van der Waals surface area contributed by atoms with Gasteiger partial charge in [0.2, 0.25) is 4.87 Å². The lowest BCUT2D eigenvalue weighted by Crippen LogP contribution is -2.41. The molecule has 0 saturated carbocycles. The van der Waals surface area contributed by atoms with Gasteiger partial charge in [-0.05, 0) is 11.5 Å². The van der Waals surface area contributed by atoms with E-state index in [0.717, 1.165) is 0 Å². The first-order valence-electron chi connectivity index (χ1n) is 4.11. The second kappa shape index (κ2) is 3.75. The van der Waals surface area contributed by atoms with Crippen LogP contribution in [0.1, 0.15) is 5.56 Å². The van der Waals surface area contributed by atoms with Crippen LogP contribution in [0.15, 0.2) is 29.9 Å². The minimum atomic E-state index is -1.17. The maximum Gasteiger partial charge on any atom is 0.345 e. The number of nitrogens with one attached hydrogen (secondary N) is 1. The van der Waals surface area contributed by atoms with E-state index in [-0.39, 0.29) is 0 Å². The molecule has 1 unspecified atom stereocenters. The number of pyridine rings is 1. The number of carboxylic acid groups (broad SMARTS) is 1. The summed E-state index contributed by atoms with van der Waals surface area (Å²) in [5, 5.41) is 14.0. The molecule has 6 heteroatoms. The number of carboxylic acids is 1. The van der Waals surface area contributed by atoms with Crippen LogP contribution in [0.5, 0.6) is 0 Å². The number of halogens is 1. The SMILES string of the molecule is O=C(O)C1(c2ccc(Cl)nc2)NC=CS1. The molecule has 1 aromatic rings. The lowest BCUT2D eigenvalue weighted by atomic mass is 10.1. The predicted molar refractivity (Wildman–Crippen MR) is 58.4 cm³/mol. The average Bonchev–Trinajstić information content (AvgIpc) is 2.69. The Hall–Kier alpha value is -1.20. The second-order valence-corrected chi connectivity index (χ2v) is 4.43. The maximum absolute atomic E-state index is 11.2. The Morgan fingerprint density at radius 3 is 2.87 bits per heavy atom. The molecular weight excluding hydrogens is 236 g/mol. The van der Waals surface area contributed by atoms with Gasteiger partial charge in [-0.2, -0.15) is 0 Å². The zero-order chi connectivity index (χ0) is 10.9. The zero-order valence-electron chi connectivity index (χ0n) is 7.48. The largest absolute Gasteiger partial charge is 0.479 e. The van der Waals surface area contributed by atoms with Crippen LogP contribution in [-0.2, 0) is 9.67 Å². The monoisotopic (exact) mass is 242 g/mol. The van der Waals surface area contributed by atoms with Crippen LogP contribution < -0.4 is 5.32 Å². The van der Waals surface area contributed by atoms with Crippen molar-refractivity contribution in [1.82, 2.24) is 10.3 Å². The van der Waals surface area contributed by atoms with E-state index >= 15 is 0 Å². The van der Waals surface area contributed by atoms with Crippen LogP contribution >= 0.6 is 23.4 Å². The van der Waals surface area contributed by atoms with Crippen molar-refractivity contribution >= 4 is 29.3 Å². The number of aromatic nitrogens is 1. The van der Waals surface area contributed by atoms with E-state index in [2.05, 4.69) is 10.3 Å². The fourth-order valence-corrected chi connectivity index (χ4v) is 2.24. The molecule has 2 heterocycles. The van der Waals surface area contributed by atoms with Crippen molar-refractivity contribution in [1.29, 1.82) is 0 Å². The summed E-state index contributed by atoms with van der Waals surface area (Å²) in [5.74, 6) is -0.957. The van der Waals surface area contributed by atoms with E-state index in [1.54, 1.807) is 23.7 Å². The summed E-state index contributed by atoms with van der Waals surface area (Å²) in [5.41, 5.74) is 0.564. The molecule has 2 N–H and O–H groups in total. The summed E-state index contributed by atoms with van der Waals surface area (Å²) in [6.07, 6.45) is 3.07. The molecule has 0 aromatic carbocycles. The third-order valence-corrected chi connectivity index (χ3v) is 3.41.